The third-order valence-corrected chi connectivity index (χ3v) is 7.79. The van der Waals surface area contributed by atoms with Gasteiger partial charge in [0.1, 0.15) is 11.2 Å². The van der Waals surface area contributed by atoms with Crippen LogP contribution in [0.25, 0.3) is 78.4 Å². The van der Waals surface area contributed by atoms with E-state index in [1.54, 1.807) is 0 Å². The number of hydrogen-bond donors (Lipinski definition) is 0. The Bertz CT molecular complexity index is 2140. The fraction of sp³-hybridized carbons (Fsp3) is 0. The molecule has 0 bridgehead atoms. The highest BCUT2D eigenvalue weighted by atomic mass is 16.3. The van der Waals surface area contributed by atoms with Gasteiger partial charge in [-0.2, -0.15) is 0 Å². The molecule has 0 aliphatic carbocycles. The molecule has 4 nitrogen and oxygen atoms in total. The normalized spacial score (nSPS) is 11.3. The predicted molar refractivity (Wildman–Crippen MR) is 174 cm³/mol. The molecule has 0 aliphatic heterocycles. The maximum absolute atomic E-state index is 6.41. The highest BCUT2D eigenvalue weighted by Crippen LogP contribution is 2.38. The van der Waals surface area contributed by atoms with Crippen LogP contribution in [-0.2, 0) is 0 Å². The van der Waals surface area contributed by atoms with Crippen LogP contribution >= 0.6 is 0 Å². The number of hydrogen-bond acceptors (Lipinski definition) is 4. The van der Waals surface area contributed by atoms with Gasteiger partial charge in [-0.15, -0.1) is 0 Å². The molecule has 6 aromatic carbocycles. The largest absolute Gasteiger partial charge is 0.455 e. The van der Waals surface area contributed by atoms with Crippen LogP contribution in [0.5, 0.6) is 0 Å². The summed E-state index contributed by atoms with van der Waals surface area (Å²) in [5.74, 6) is 1.78. The van der Waals surface area contributed by atoms with Crippen molar-refractivity contribution < 1.29 is 4.42 Å². The molecule has 0 saturated carbocycles. The van der Waals surface area contributed by atoms with Gasteiger partial charge in [0.25, 0.3) is 0 Å². The van der Waals surface area contributed by atoms with E-state index in [-0.39, 0.29) is 0 Å². The Morgan fingerprint density at radius 1 is 0.326 bits per heavy atom. The molecule has 0 aliphatic rings. The summed E-state index contributed by atoms with van der Waals surface area (Å²) >= 11 is 0. The standard InChI is InChI=1S/C39H25N3O/c1-3-14-26(15-4-1)28-18-7-9-21-32(28)37-40-38(33-22-10-8-19-29(33)27-16-5-2-6-17-27)42-39(41-37)34-24-13-23-31-30-20-11-12-25-35(30)43-36(31)34/h1-25H. The molecule has 0 fully saturated rings. The summed E-state index contributed by atoms with van der Waals surface area (Å²) in [7, 11) is 0. The van der Waals surface area contributed by atoms with E-state index in [9.17, 15) is 0 Å². The predicted octanol–water partition coefficient (Wildman–Crippen LogP) is 10.1. The van der Waals surface area contributed by atoms with E-state index in [0.717, 1.165) is 60.9 Å². The van der Waals surface area contributed by atoms with E-state index < -0.39 is 0 Å². The van der Waals surface area contributed by atoms with E-state index in [2.05, 4.69) is 97.1 Å². The van der Waals surface area contributed by atoms with Crippen LogP contribution in [0.15, 0.2) is 156 Å². The lowest BCUT2D eigenvalue weighted by Crippen LogP contribution is -2.02. The minimum absolute atomic E-state index is 0.565. The zero-order valence-electron chi connectivity index (χ0n) is 23.2. The van der Waals surface area contributed by atoms with E-state index in [1.807, 2.05) is 54.6 Å². The molecule has 0 N–H and O–H groups in total. The lowest BCUT2D eigenvalue weighted by atomic mass is 9.98. The van der Waals surface area contributed by atoms with Crippen LogP contribution in [0.3, 0.4) is 0 Å². The van der Waals surface area contributed by atoms with Gasteiger partial charge < -0.3 is 4.42 Å². The first-order chi connectivity index (χ1) is 21.3. The maximum Gasteiger partial charge on any atom is 0.167 e. The summed E-state index contributed by atoms with van der Waals surface area (Å²) in [6.07, 6.45) is 0. The monoisotopic (exact) mass is 551 g/mol. The SMILES string of the molecule is c1ccc(-c2ccccc2-c2nc(-c3ccccc3-c3ccccc3)nc(-c3cccc4c3oc3ccccc34)n2)cc1. The maximum atomic E-state index is 6.41. The van der Waals surface area contributed by atoms with E-state index in [0.29, 0.717) is 17.5 Å². The van der Waals surface area contributed by atoms with Gasteiger partial charge in [-0.3, -0.25) is 0 Å². The summed E-state index contributed by atoms with van der Waals surface area (Å²) in [4.78, 5) is 15.4. The topological polar surface area (TPSA) is 51.8 Å². The van der Waals surface area contributed by atoms with Crippen LogP contribution < -0.4 is 0 Å². The number of fused-ring (bicyclic) bond motifs is 3. The van der Waals surface area contributed by atoms with Crippen LogP contribution in [0.2, 0.25) is 0 Å². The van der Waals surface area contributed by atoms with Crippen LogP contribution in [0, 0.1) is 0 Å². The molecule has 4 heteroatoms. The molecule has 0 atom stereocenters. The van der Waals surface area contributed by atoms with Crippen molar-refractivity contribution in [2.75, 3.05) is 0 Å². The van der Waals surface area contributed by atoms with Crippen molar-refractivity contribution in [3.63, 3.8) is 0 Å². The molecule has 0 unspecified atom stereocenters. The van der Waals surface area contributed by atoms with Gasteiger partial charge >= 0.3 is 0 Å². The summed E-state index contributed by atoms with van der Waals surface area (Å²) < 4.78 is 6.41. The second-order valence-corrected chi connectivity index (χ2v) is 10.4. The van der Waals surface area contributed by atoms with Gasteiger partial charge in [-0.1, -0.05) is 140 Å². The summed E-state index contributed by atoms with van der Waals surface area (Å²) in [6, 6.07) is 51.5. The Morgan fingerprint density at radius 2 is 0.744 bits per heavy atom. The molecule has 43 heavy (non-hydrogen) atoms. The number of nitrogens with zero attached hydrogens (tertiary/aromatic N) is 3. The number of rotatable bonds is 5. The Hall–Kier alpha value is -5.87. The average molecular weight is 552 g/mol. The van der Waals surface area contributed by atoms with Crippen molar-refractivity contribution in [3.05, 3.63) is 152 Å². The molecule has 0 saturated heterocycles. The molecule has 2 heterocycles. The van der Waals surface area contributed by atoms with Gasteiger partial charge in [0.2, 0.25) is 0 Å². The van der Waals surface area contributed by atoms with E-state index >= 15 is 0 Å². The smallest absolute Gasteiger partial charge is 0.167 e. The van der Waals surface area contributed by atoms with E-state index in [4.69, 9.17) is 19.4 Å². The average Bonchev–Trinajstić information content (AvgIpc) is 3.48. The first-order valence-electron chi connectivity index (χ1n) is 14.3. The zero-order valence-corrected chi connectivity index (χ0v) is 23.2. The van der Waals surface area contributed by atoms with Crippen molar-refractivity contribution in [2.45, 2.75) is 0 Å². The number of aromatic nitrogens is 3. The van der Waals surface area contributed by atoms with Gasteiger partial charge in [0.15, 0.2) is 17.5 Å². The Balaban J connectivity index is 1.41. The minimum atomic E-state index is 0.565. The fourth-order valence-electron chi connectivity index (χ4n) is 5.76. The molecular formula is C39H25N3O. The van der Waals surface area contributed by atoms with Gasteiger partial charge in [0.05, 0.1) is 5.56 Å². The van der Waals surface area contributed by atoms with Crippen molar-refractivity contribution in [3.8, 4) is 56.4 Å². The lowest BCUT2D eigenvalue weighted by molar-refractivity contribution is 0.669. The zero-order chi connectivity index (χ0) is 28.6. The molecule has 202 valence electrons. The fourth-order valence-corrected chi connectivity index (χ4v) is 5.76. The first kappa shape index (κ1) is 24.9. The summed E-state index contributed by atoms with van der Waals surface area (Å²) in [5.41, 5.74) is 8.63. The quantitative estimate of drug-likeness (QED) is 0.214. The number of benzene rings is 6. The van der Waals surface area contributed by atoms with Crippen molar-refractivity contribution >= 4 is 21.9 Å². The highest BCUT2D eigenvalue weighted by Gasteiger charge is 2.20. The summed E-state index contributed by atoms with van der Waals surface area (Å²) in [6.45, 7) is 0. The Labute approximate surface area is 249 Å². The van der Waals surface area contributed by atoms with Crippen LogP contribution in [-0.4, -0.2) is 15.0 Å². The molecule has 0 radical (unpaired) electrons. The van der Waals surface area contributed by atoms with Crippen LogP contribution in [0.4, 0.5) is 0 Å². The Kier molecular flexibility index (Phi) is 6.08. The number of furan rings is 1. The highest BCUT2D eigenvalue weighted by molar-refractivity contribution is 6.09. The number of para-hydroxylation sites is 2. The molecule has 2 aromatic heterocycles. The summed E-state index contributed by atoms with van der Waals surface area (Å²) in [5, 5.41) is 2.10. The molecule has 8 aromatic rings. The van der Waals surface area contributed by atoms with Crippen LogP contribution in [0.1, 0.15) is 0 Å². The van der Waals surface area contributed by atoms with Gasteiger partial charge in [-0.25, -0.2) is 15.0 Å². The van der Waals surface area contributed by atoms with Crippen molar-refractivity contribution in [1.82, 2.24) is 15.0 Å². The van der Waals surface area contributed by atoms with E-state index in [1.165, 1.54) is 0 Å². The molecule has 0 spiro atoms. The lowest BCUT2D eigenvalue weighted by Gasteiger charge is -2.14. The van der Waals surface area contributed by atoms with Crippen molar-refractivity contribution in [1.29, 1.82) is 0 Å². The first-order valence-corrected chi connectivity index (χ1v) is 14.3. The second kappa shape index (κ2) is 10.5. The second-order valence-electron chi connectivity index (χ2n) is 10.4. The van der Waals surface area contributed by atoms with Crippen molar-refractivity contribution in [2.24, 2.45) is 0 Å². The van der Waals surface area contributed by atoms with Gasteiger partial charge in [-0.05, 0) is 34.4 Å². The van der Waals surface area contributed by atoms with Gasteiger partial charge in [0, 0.05) is 21.9 Å². The third-order valence-electron chi connectivity index (χ3n) is 7.79. The Morgan fingerprint density at radius 3 is 1.33 bits per heavy atom. The minimum Gasteiger partial charge on any atom is -0.455 e. The molecule has 8 rings (SSSR count). The molecular weight excluding hydrogens is 526 g/mol. The third kappa shape index (κ3) is 4.46. The molecule has 0 amide bonds.